The van der Waals surface area contributed by atoms with Crippen molar-refractivity contribution in [1.82, 2.24) is 0 Å². The topological polar surface area (TPSA) is 123 Å². The predicted molar refractivity (Wildman–Crippen MR) is 127 cm³/mol. The molecular weight excluding hydrogens is 547 g/mol. The zero-order valence-electron chi connectivity index (χ0n) is 20.3. The van der Waals surface area contributed by atoms with E-state index in [1.165, 1.54) is 23.9 Å². The Kier molecular flexibility index (Phi) is 10.3. The van der Waals surface area contributed by atoms with Crippen molar-refractivity contribution in [2.75, 3.05) is 24.7 Å². The van der Waals surface area contributed by atoms with Gasteiger partial charge in [-0.15, -0.1) is 10.1 Å². The van der Waals surface area contributed by atoms with E-state index in [2.05, 4.69) is 4.84 Å². The third kappa shape index (κ3) is 9.18. The summed E-state index contributed by atoms with van der Waals surface area (Å²) in [7, 11) is 0. The molecule has 1 aliphatic rings. The van der Waals surface area contributed by atoms with Gasteiger partial charge in [-0.1, -0.05) is 32.4 Å². The standard InChI is InChI=1S/C22H25ClF3NO9S/c1-12(35-20(29)32-5-7-37-8-6-33-27(30)31)34-19(28)14-9-13-10-16(23)15(21(2,3)4)11-17(13)36-18(14)22(24,25)26/h9-12,18H,5-8H2,1-4H3. The minimum Gasteiger partial charge on any atom is -0.475 e. The molecule has 15 heteroatoms. The number of carbonyl (C=O) groups excluding carboxylic acids is 2. The van der Waals surface area contributed by atoms with Gasteiger partial charge in [0.05, 0.1) is 5.57 Å². The molecule has 0 aliphatic carbocycles. The van der Waals surface area contributed by atoms with Gasteiger partial charge in [0.25, 0.3) is 5.09 Å². The van der Waals surface area contributed by atoms with Crippen molar-refractivity contribution in [3.8, 4) is 5.75 Å². The van der Waals surface area contributed by atoms with Crippen LogP contribution >= 0.6 is 23.4 Å². The highest BCUT2D eigenvalue weighted by Gasteiger charge is 2.49. The monoisotopic (exact) mass is 571 g/mol. The number of nitrogens with zero attached hydrogens (tertiary/aromatic N) is 1. The number of thioether (sulfide) groups is 1. The summed E-state index contributed by atoms with van der Waals surface area (Å²) in [5.41, 5.74) is -0.606. The van der Waals surface area contributed by atoms with E-state index in [9.17, 15) is 32.9 Å². The number of ether oxygens (including phenoxy) is 4. The number of fused-ring (bicyclic) bond motifs is 1. The Hall–Kier alpha value is -2.87. The molecule has 0 radical (unpaired) electrons. The van der Waals surface area contributed by atoms with E-state index < -0.39 is 46.8 Å². The molecule has 0 N–H and O–H groups in total. The Labute approximate surface area is 219 Å². The van der Waals surface area contributed by atoms with Crippen molar-refractivity contribution in [3.63, 3.8) is 0 Å². The van der Waals surface area contributed by atoms with Gasteiger partial charge in [0.2, 0.25) is 12.4 Å². The summed E-state index contributed by atoms with van der Waals surface area (Å²) >= 11 is 7.50. The van der Waals surface area contributed by atoms with Crippen molar-refractivity contribution in [1.29, 1.82) is 0 Å². The number of benzene rings is 1. The molecule has 0 bridgehead atoms. The lowest BCUT2D eigenvalue weighted by molar-refractivity contribution is -0.756. The normalized spacial score (nSPS) is 16.0. The van der Waals surface area contributed by atoms with E-state index in [1.54, 1.807) is 0 Å². The van der Waals surface area contributed by atoms with Gasteiger partial charge in [0, 0.05) is 29.0 Å². The van der Waals surface area contributed by atoms with Crippen LogP contribution in [-0.2, 0) is 29.3 Å². The van der Waals surface area contributed by atoms with Crippen LogP contribution in [0.1, 0.15) is 38.8 Å². The maximum atomic E-state index is 13.7. The molecule has 0 saturated heterocycles. The summed E-state index contributed by atoms with van der Waals surface area (Å²) in [4.78, 5) is 38.4. The van der Waals surface area contributed by atoms with E-state index in [-0.39, 0.29) is 41.1 Å². The van der Waals surface area contributed by atoms with Crippen LogP contribution in [0.3, 0.4) is 0 Å². The largest absolute Gasteiger partial charge is 0.511 e. The Morgan fingerprint density at radius 3 is 2.43 bits per heavy atom. The molecule has 0 spiro atoms. The number of alkyl halides is 3. The van der Waals surface area contributed by atoms with E-state index in [4.69, 9.17) is 30.5 Å². The molecular formula is C22H25ClF3NO9S. The molecule has 0 saturated carbocycles. The maximum absolute atomic E-state index is 13.7. The Balaban J connectivity index is 2.01. The summed E-state index contributed by atoms with van der Waals surface area (Å²) in [6.45, 7) is 6.36. The first-order chi connectivity index (χ1) is 17.1. The van der Waals surface area contributed by atoms with Gasteiger partial charge in [-0.25, -0.2) is 9.59 Å². The summed E-state index contributed by atoms with van der Waals surface area (Å²) in [5, 5.41) is 9.37. The second-order valence-corrected chi connectivity index (χ2v) is 10.2. The summed E-state index contributed by atoms with van der Waals surface area (Å²) < 4.78 is 60.8. The number of hydrogen-bond acceptors (Lipinski definition) is 10. The lowest BCUT2D eigenvalue weighted by Gasteiger charge is -2.30. The number of hydrogen-bond donors (Lipinski definition) is 0. The van der Waals surface area contributed by atoms with E-state index in [0.717, 1.165) is 13.0 Å². The van der Waals surface area contributed by atoms with Crippen molar-refractivity contribution in [3.05, 3.63) is 44.0 Å². The molecule has 2 unspecified atom stereocenters. The van der Waals surface area contributed by atoms with Crippen LogP contribution in [0.4, 0.5) is 18.0 Å². The molecule has 2 atom stereocenters. The van der Waals surface area contributed by atoms with Crippen molar-refractivity contribution in [2.45, 2.75) is 51.7 Å². The lowest BCUT2D eigenvalue weighted by atomic mass is 9.85. The number of halogens is 4. The third-order valence-electron chi connectivity index (χ3n) is 4.69. The molecule has 2 rings (SSSR count). The van der Waals surface area contributed by atoms with Crippen LogP contribution in [-0.4, -0.2) is 60.5 Å². The molecule has 206 valence electrons. The molecule has 1 aromatic rings. The predicted octanol–water partition coefficient (Wildman–Crippen LogP) is 5.33. The van der Waals surface area contributed by atoms with Crippen molar-refractivity contribution < 1.29 is 51.6 Å². The second-order valence-electron chi connectivity index (χ2n) is 8.62. The summed E-state index contributed by atoms with van der Waals surface area (Å²) in [6.07, 6.45) is -9.39. The van der Waals surface area contributed by atoms with Gasteiger partial charge in [0.15, 0.2) is 0 Å². The minimum atomic E-state index is -4.95. The van der Waals surface area contributed by atoms with Crippen LogP contribution in [0, 0.1) is 10.1 Å². The fourth-order valence-electron chi connectivity index (χ4n) is 3.07. The number of esters is 1. The molecule has 0 amide bonds. The average molecular weight is 572 g/mol. The van der Waals surface area contributed by atoms with Crippen LogP contribution in [0.15, 0.2) is 17.7 Å². The zero-order chi connectivity index (χ0) is 28.0. The molecule has 1 aromatic carbocycles. The highest BCUT2D eigenvalue weighted by atomic mass is 35.5. The van der Waals surface area contributed by atoms with E-state index >= 15 is 0 Å². The first-order valence-electron chi connectivity index (χ1n) is 10.8. The Morgan fingerprint density at radius 1 is 1.19 bits per heavy atom. The van der Waals surface area contributed by atoms with Crippen molar-refractivity contribution in [2.24, 2.45) is 0 Å². The number of rotatable bonds is 10. The average Bonchev–Trinajstić information content (AvgIpc) is 2.75. The smallest absolute Gasteiger partial charge is 0.475 e. The van der Waals surface area contributed by atoms with E-state index in [0.29, 0.717) is 5.56 Å². The van der Waals surface area contributed by atoms with Gasteiger partial charge < -0.3 is 23.8 Å². The fraction of sp³-hybridized carbons (Fsp3) is 0.545. The van der Waals surface area contributed by atoms with Gasteiger partial charge in [0.1, 0.15) is 19.0 Å². The highest BCUT2D eigenvalue weighted by molar-refractivity contribution is 7.99. The fourth-order valence-corrected chi connectivity index (χ4v) is 4.12. The molecule has 10 nitrogen and oxygen atoms in total. The zero-order valence-corrected chi connectivity index (χ0v) is 21.8. The van der Waals surface area contributed by atoms with Crippen LogP contribution in [0.25, 0.3) is 6.08 Å². The van der Waals surface area contributed by atoms with Crippen LogP contribution in [0.5, 0.6) is 5.75 Å². The molecule has 37 heavy (non-hydrogen) atoms. The van der Waals surface area contributed by atoms with Gasteiger partial charge in [-0.05, 0) is 29.2 Å². The van der Waals surface area contributed by atoms with Gasteiger partial charge in [-0.3, -0.25) is 0 Å². The minimum absolute atomic E-state index is 0.0936. The second kappa shape index (κ2) is 12.6. The third-order valence-corrected chi connectivity index (χ3v) is 5.91. The first kappa shape index (κ1) is 30.4. The molecule has 1 heterocycles. The molecule has 0 fully saturated rings. The van der Waals surface area contributed by atoms with Crippen LogP contribution < -0.4 is 4.74 Å². The maximum Gasteiger partial charge on any atom is 0.511 e. The van der Waals surface area contributed by atoms with Crippen LogP contribution in [0.2, 0.25) is 5.02 Å². The highest BCUT2D eigenvalue weighted by Crippen LogP contribution is 2.42. The summed E-state index contributed by atoms with van der Waals surface area (Å²) in [5.74, 6) is -0.966. The van der Waals surface area contributed by atoms with Gasteiger partial charge >= 0.3 is 18.3 Å². The molecule has 1 aliphatic heterocycles. The van der Waals surface area contributed by atoms with Gasteiger partial charge in [-0.2, -0.15) is 24.9 Å². The Morgan fingerprint density at radius 2 is 1.84 bits per heavy atom. The lowest BCUT2D eigenvalue weighted by Crippen LogP contribution is -2.41. The SMILES string of the molecule is CC(OC(=O)OCCSCCO[N+](=O)[O-])OC(=O)C1=Cc2cc(Cl)c(C(C)(C)C)cc2OC1C(F)(F)F. The van der Waals surface area contributed by atoms with Crippen molar-refractivity contribution >= 4 is 41.6 Å². The Bertz CT molecular complexity index is 1040. The van der Waals surface area contributed by atoms with E-state index in [1.807, 2.05) is 20.8 Å². The molecule has 0 aromatic heterocycles. The summed E-state index contributed by atoms with van der Waals surface area (Å²) in [6, 6.07) is 2.81. The number of carbonyl (C=O) groups is 2. The first-order valence-corrected chi connectivity index (χ1v) is 12.3. The quantitative estimate of drug-likeness (QED) is 0.120.